The van der Waals surface area contributed by atoms with Crippen LogP contribution >= 0.6 is 0 Å². The molecule has 3 aromatic rings. The Balaban J connectivity index is 1.50. The molecule has 164 valence electrons. The molecule has 0 radical (unpaired) electrons. The molecule has 31 heavy (non-hydrogen) atoms. The van der Waals surface area contributed by atoms with Crippen LogP contribution in [0.1, 0.15) is 16.1 Å². The number of sulfonamides is 1. The van der Waals surface area contributed by atoms with E-state index in [4.69, 9.17) is 9.47 Å². The SMILES string of the molecule is COc1ccc(OC)c(S(=O)(=O)N2CCN(C(=O)c3cn4ccc(C)cc4n3)CC2)c1. The highest BCUT2D eigenvalue weighted by Crippen LogP contribution is 2.31. The van der Waals surface area contributed by atoms with Crippen molar-refractivity contribution >= 4 is 21.6 Å². The molecular formula is C21H24N4O5S. The van der Waals surface area contributed by atoms with Gasteiger partial charge in [-0.1, -0.05) is 0 Å². The quantitative estimate of drug-likeness (QED) is 0.596. The van der Waals surface area contributed by atoms with E-state index < -0.39 is 10.0 Å². The van der Waals surface area contributed by atoms with Gasteiger partial charge in [-0.15, -0.1) is 0 Å². The van der Waals surface area contributed by atoms with Crippen molar-refractivity contribution in [2.45, 2.75) is 11.8 Å². The van der Waals surface area contributed by atoms with Gasteiger partial charge in [0.05, 0.1) is 14.2 Å². The number of fused-ring (bicyclic) bond motifs is 1. The van der Waals surface area contributed by atoms with Gasteiger partial charge in [0, 0.05) is 44.6 Å². The van der Waals surface area contributed by atoms with Crippen molar-refractivity contribution in [3.8, 4) is 11.5 Å². The first-order chi connectivity index (χ1) is 14.8. The van der Waals surface area contributed by atoms with Crippen LogP contribution in [0.25, 0.3) is 5.65 Å². The number of amides is 1. The van der Waals surface area contributed by atoms with Crippen molar-refractivity contribution in [1.29, 1.82) is 0 Å². The summed E-state index contributed by atoms with van der Waals surface area (Å²) in [5, 5.41) is 0. The predicted octanol–water partition coefficient (Wildman–Crippen LogP) is 1.81. The standard InChI is InChI=1S/C21H24N4O5S/c1-15-6-7-24-14-17(22-20(24)12-15)21(26)23-8-10-25(11-9-23)31(27,28)19-13-16(29-2)4-5-18(19)30-3/h4-7,12-14H,8-11H2,1-3H3. The van der Waals surface area contributed by atoms with Crippen molar-refractivity contribution < 1.29 is 22.7 Å². The zero-order valence-electron chi connectivity index (χ0n) is 17.6. The molecule has 0 N–H and O–H groups in total. The van der Waals surface area contributed by atoms with E-state index >= 15 is 0 Å². The van der Waals surface area contributed by atoms with Crippen molar-refractivity contribution in [3.63, 3.8) is 0 Å². The minimum absolute atomic E-state index is 0.0462. The maximum absolute atomic E-state index is 13.2. The fourth-order valence-corrected chi connectivity index (χ4v) is 5.20. The van der Waals surface area contributed by atoms with E-state index in [1.807, 2.05) is 25.3 Å². The Morgan fingerprint density at radius 2 is 1.77 bits per heavy atom. The highest BCUT2D eigenvalue weighted by atomic mass is 32.2. The molecule has 1 fully saturated rings. The van der Waals surface area contributed by atoms with E-state index in [1.54, 1.807) is 27.6 Å². The number of hydrogen-bond acceptors (Lipinski definition) is 6. The summed E-state index contributed by atoms with van der Waals surface area (Å²) in [6, 6.07) is 8.51. The lowest BCUT2D eigenvalue weighted by molar-refractivity contribution is 0.0692. The number of methoxy groups -OCH3 is 2. The lowest BCUT2D eigenvalue weighted by Gasteiger charge is -2.33. The van der Waals surface area contributed by atoms with Gasteiger partial charge in [0.1, 0.15) is 27.7 Å². The minimum atomic E-state index is -3.81. The number of rotatable bonds is 5. The lowest BCUT2D eigenvalue weighted by atomic mass is 10.3. The Morgan fingerprint density at radius 1 is 1.03 bits per heavy atom. The Kier molecular flexibility index (Phi) is 5.59. The summed E-state index contributed by atoms with van der Waals surface area (Å²) in [5.41, 5.74) is 2.11. The number of hydrogen-bond donors (Lipinski definition) is 0. The first-order valence-corrected chi connectivity index (χ1v) is 11.2. The van der Waals surface area contributed by atoms with Crippen LogP contribution in [0.5, 0.6) is 11.5 Å². The molecule has 3 heterocycles. The Morgan fingerprint density at radius 3 is 2.45 bits per heavy atom. The van der Waals surface area contributed by atoms with Crippen molar-refractivity contribution in [3.05, 3.63) is 54.0 Å². The van der Waals surface area contributed by atoms with Gasteiger partial charge in [0.2, 0.25) is 10.0 Å². The Hall–Kier alpha value is -3.11. The molecular weight excluding hydrogens is 420 g/mol. The fourth-order valence-electron chi connectivity index (χ4n) is 3.60. The number of pyridine rings is 1. The van der Waals surface area contributed by atoms with E-state index in [2.05, 4.69) is 4.98 Å². The summed E-state index contributed by atoms with van der Waals surface area (Å²) < 4.78 is 40.0. The number of carbonyl (C=O) groups is 1. The molecule has 1 aliphatic heterocycles. The molecule has 9 nitrogen and oxygen atoms in total. The third-order valence-electron chi connectivity index (χ3n) is 5.35. The first-order valence-electron chi connectivity index (χ1n) is 9.80. The fraction of sp³-hybridized carbons (Fsp3) is 0.333. The Bertz CT molecular complexity index is 1230. The van der Waals surface area contributed by atoms with E-state index in [0.717, 1.165) is 5.56 Å². The van der Waals surface area contributed by atoms with Gasteiger partial charge >= 0.3 is 0 Å². The van der Waals surface area contributed by atoms with Gasteiger partial charge in [-0.05, 0) is 36.8 Å². The van der Waals surface area contributed by atoms with E-state index in [9.17, 15) is 13.2 Å². The van der Waals surface area contributed by atoms with Gasteiger partial charge in [-0.25, -0.2) is 13.4 Å². The maximum Gasteiger partial charge on any atom is 0.274 e. The summed E-state index contributed by atoms with van der Waals surface area (Å²) in [7, 11) is -0.906. The van der Waals surface area contributed by atoms with Crippen LogP contribution in [-0.2, 0) is 10.0 Å². The first kappa shape index (κ1) is 21.1. The zero-order valence-corrected chi connectivity index (χ0v) is 18.4. The van der Waals surface area contributed by atoms with Crippen LogP contribution < -0.4 is 9.47 Å². The number of piperazine rings is 1. The van der Waals surface area contributed by atoms with E-state index in [-0.39, 0.29) is 42.7 Å². The second-order valence-electron chi connectivity index (χ2n) is 7.31. The topological polar surface area (TPSA) is 93.5 Å². The highest BCUT2D eigenvalue weighted by Gasteiger charge is 2.33. The predicted molar refractivity (Wildman–Crippen MR) is 114 cm³/mol. The van der Waals surface area contributed by atoms with E-state index in [1.165, 1.54) is 24.6 Å². The number of imidazole rings is 1. The molecule has 0 spiro atoms. The molecule has 1 aliphatic rings. The molecule has 1 amide bonds. The van der Waals surface area contributed by atoms with Crippen LogP contribution in [0.3, 0.4) is 0 Å². The lowest BCUT2D eigenvalue weighted by Crippen LogP contribution is -2.50. The molecule has 1 saturated heterocycles. The third kappa shape index (κ3) is 3.96. The van der Waals surface area contributed by atoms with Crippen molar-refractivity contribution in [2.75, 3.05) is 40.4 Å². The normalized spacial score (nSPS) is 15.3. The summed E-state index contributed by atoms with van der Waals surface area (Å²) in [5.74, 6) is 0.465. The smallest absolute Gasteiger partial charge is 0.274 e. The molecule has 0 unspecified atom stereocenters. The highest BCUT2D eigenvalue weighted by molar-refractivity contribution is 7.89. The van der Waals surface area contributed by atoms with Gasteiger partial charge in [-0.2, -0.15) is 4.31 Å². The minimum Gasteiger partial charge on any atom is -0.497 e. The molecule has 2 aromatic heterocycles. The molecule has 1 aromatic carbocycles. The van der Waals surface area contributed by atoms with Gasteiger partial charge < -0.3 is 18.8 Å². The number of carbonyl (C=O) groups excluding carboxylic acids is 1. The van der Waals surface area contributed by atoms with Gasteiger partial charge in [-0.3, -0.25) is 4.79 Å². The molecule has 10 heteroatoms. The van der Waals surface area contributed by atoms with Gasteiger partial charge in [0.15, 0.2) is 0 Å². The number of benzene rings is 1. The third-order valence-corrected chi connectivity index (χ3v) is 7.27. The molecule has 0 saturated carbocycles. The maximum atomic E-state index is 13.2. The number of aromatic nitrogens is 2. The second-order valence-corrected chi connectivity index (χ2v) is 9.22. The van der Waals surface area contributed by atoms with Crippen LogP contribution in [0.4, 0.5) is 0 Å². The summed E-state index contributed by atoms with van der Waals surface area (Å²) in [6.45, 7) is 2.88. The molecule has 0 aliphatic carbocycles. The van der Waals surface area contributed by atoms with Crippen molar-refractivity contribution in [1.82, 2.24) is 18.6 Å². The van der Waals surface area contributed by atoms with Crippen LogP contribution in [-0.4, -0.2) is 73.3 Å². The molecule has 0 atom stereocenters. The summed E-state index contributed by atoms with van der Waals surface area (Å²) >= 11 is 0. The zero-order chi connectivity index (χ0) is 22.2. The Labute approximate surface area is 180 Å². The monoisotopic (exact) mass is 444 g/mol. The van der Waals surface area contributed by atoms with Crippen LogP contribution in [0.2, 0.25) is 0 Å². The van der Waals surface area contributed by atoms with Gasteiger partial charge in [0.25, 0.3) is 5.91 Å². The summed E-state index contributed by atoms with van der Waals surface area (Å²) in [6.07, 6.45) is 3.56. The van der Waals surface area contributed by atoms with Crippen molar-refractivity contribution in [2.24, 2.45) is 0 Å². The summed E-state index contributed by atoms with van der Waals surface area (Å²) in [4.78, 5) is 19.0. The number of nitrogens with zero attached hydrogens (tertiary/aromatic N) is 4. The van der Waals surface area contributed by atoms with Crippen LogP contribution in [0.15, 0.2) is 47.6 Å². The average Bonchev–Trinajstić information content (AvgIpc) is 3.21. The number of aryl methyl sites for hydroxylation is 1. The molecule has 0 bridgehead atoms. The van der Waals surface area contributed by atoms with Crippen LogP contribution in [0, 0.1) is 6.92 Å². The number of ether oxygens (including phenoxy) is 2. The second kappa shape index (κ2) is 8.20. The largest absolute Gasteiger partial charge is 0.497 e. The van der Waals surface area contributed by atoms with E-state index in [0.29, 0.717) is 17.1 Å². The molecule has 4 rings (SSSR count). The average molecular weight is 445 g/mol.